The van der Waals surface area contributed by atoms with E-state index in [0.29, 0.717) is 54.2 Å². The van der Waals surface area contributed by atoms with E-state index in [1.54, 1.807) is 19.1 Å². The SMILES string of the molecule is CCC(C)[C@H](NC(=O)Cc1ccccc1F)C(=O)N[C@]1(C(=O)N[C@H](C(=S)NCCN2CCOCC2)C(C)CC)CCc2[nH]c3c(C(F)(F)F)cccc3c2C1. The number of carbonyl (C=O) groups excluding carboxylic acids is 3. The van der Waals surface area contributed by atoms with Crippen LogP contribution in [0.4, 0.5) is 17.6 Å². The number of thiocarbonyl (C=S) groups is 1. The molecule has 3 aromatic rings. The number of aryl methyl sites for hydroxylation is 1. The number of para-hydroxylation sites is 1. The summed E-state index contributed by atoms with van der Waals surface area (Å²) in [5.74, 6) is -2.77. The Morgan fingerprint density at radius 3 is 2.35 bits per heavy atom. The minimum absolute atomic E-state index is 0.0621. The van der Waals surface area contributed by atoms with Gasteiger partial charge in [0.2, 0.25) is 17.7 Å². The number of carbonyl (C=O) groups is 3. The number of nitrogens with one attached hydrogen (secondary N) is 5. The molecule has 1 fully saturated rings. The molecule has 0 bridgehead atoms. The third kappa shape index (κ3) is 10.0. The van der Waals surface area contributed by atoms with E-state index in [0.717, 1.165) is 25.7 Å². The number of fused-ring (bicyclic) bond motifs is 3. The van der Waals surface area contributed by atoms with Gasteiger partial charge in [0, 0.05) is 43.7 Å². The van der Waals surface area contributed by atoms with Gasteiger partial charge < -0.3 is 31.0 Å². The van der Waals surface area contributed by atoms with Gasteiger partial charge in [0.1, 0.15) is 17.4 Å². The quantitative estimate of drug-likeness (QED) is 0.106. The lowest BCUT2D eigenvalue weighted by Gasteiger charge is -2.40. The molecule has 1 aliphatic heterocycles. The van der Waals surface area contributed by atoms with E-state index in [2.05, 4.69) is 31.2 Å². The van der Waals surface area contributed by atoms with Crippen LogP contribution in [0.3, 0.4) is 0 Å². The zero-order valence-corrected chi connectivity index (χ0v) is 32.7. The van der Waals surface area contributed by atoms with Gasteiger partial charge in [-0.15, -0.1) is 0 Å². The Labute approximate surface area is 324 Å². The first-order valence-electron chi connectivity index (χ1n) is 19.1. The van der Waals surface area contributed by atoms with Crippen molar-refractivity contribution in [3.8, 4) is 0 Å². The highest BCUT2D eigenvalue weighted by molar-refractivity contribution is 7.80. The molecule has 55 heavy (non-hydrogen) atoms. The number of rotatable bonds is 15. The molecule has 2 heterocycles. The van der Waals surface area contributed by atoms with Crippen molar-refractivity contribution in [1.82, 2.24) is 31.2 Å². The number of hydrogen-bond donors (Lipinski definition) is 5. The zero-order valence-electron chi connectivity index (χ0n) is 31.8. The Bertz CT molecular complexity index is 1850. The van der Waals surface area contributed by atoms with E-state index in [1.165, 1.54) is 24.3 Å². The standard InChI is InChI=1S/C40H52F4N6O4S/c1-5-24(3)33(47-32(51)22-26-10-7-8-13-30(26)41)36(52)49-39(15-14-31-28(23-39)27-11-9-12-29(35(27)46-31)40(42,43)44)38(53)48-34(25(4)6-2)37(55)45-16-17-50-18-20-54-21-19-50/h7-13,24-25,33-34,46H,5-6,14-23H2,1-4H3,(H,45,55)(H,47,51)(H,48,53)(H,49,52)/t24?,25?,33-,34-,39+/m0/s1. The van der Waals surface area contributed by atoms with Crippen LogP contribution >= 0.6 is 12.2 Å². The Morgan fingerprint density at radius 1 is 0.982 bits per heavy atom. The number of aromatic amines is 1. The molecule has 300 valence electrons. The fourth-order valence-electron chi connectivity index (χ4n) is 7.37. The van der Waals surface area contributed by atoms with Gasteiger partial charge in [-0.05, 0) is 47.9 Å². The number of morpholine rings is 1. The third-order valence-corrected chi connectivity index (χ3v) is 11.5. The fourth-order valence-corrected chi connectivity index (χ4v) is 7.77. The number of H-pyrrole nitrogens is 1. The maximum Gasteiger partial charge on any atom is 0.418 e. The van der Waals surface area contributed by atoms with Gasteiger partial charge in [-0.25, -0.2) is 4.39 Å². The minimum atomic E-state index is -4.62. The van der Waals surface area contributed by atoms with Gasteiger partial charge in [-0.3, -0.25) is 19.3 Å². The molecule has 0 radical (unpaired) electrons. The number of amides is 3. The van der Waals surface area contributed by atoms with Crippen molar-refractivity contribution >= 4 is 45.8 Å². The van der Waals surface area contributed by atoms with Gasteiger partial charge in [0.15, 0.2) is 0 Å². The summed E-state index contributed by atoms with van der Waals surface area (Å²) in [5, 5.41) is 12.5. The van der Waals surface area contributed by atoms with Crippen molar-refractivity contribution in [1.29, 1.82) is 0 Å². The van der Waals surface area contributed by atoms with E-state index in [1.807, 2.05) is 20.8 Å². The van der Waals surface area contributed by atoms with Gasteiger partial charge in [0.05, 0.1) is 41.7 Å². The molecule has 5 N–H and O–H groups in total. The van der Waals surface area contributed by atoms with Gasteiger partial charge in [0.25, 0.3) is 0 Å². The van der Waals surface area contributed by atoms with E-state index in [9.17, 15) is 31.9 Å². The normalized spacial score (nSPS) is 19.8. The number of hydrogen-bond acceptors (Lipinski definition) is 6. The third-order valence-electron chi connectivity index (χ3n) is 11.1. The summed E-state index contributed by atoms with van der Waals surface area (Å²) >= 11 is 5.85. The van der Waals surface area contributed by atoms with Crippen molar-refractivity contribution in [2.24, 2.45) is 11.8 Å². The van der Waals surface area contributed by atoms with E-state index < -0.39 is 52.9 Å². The largest absolute Gasteiger partial charge is 0.418 e. The summed E-state index contributed by atoms with van der Waals surface area (Å²) in [6.45, 7) is 11.8. The van der Waals surface area contributed by atoms with Crippen LogP contribution in [0.2, 0.25) is 0 Å². The molecule has 1 saturated heterocycles. The molecule has 2 unspecified atom stereocenters. The van der Waals surface area contributed by atoms with Crippen molar-refractivity contribution in [3.63, 3.8) is 0 Å². The molecule has 1 aliphatic carbocycles. The number of benzene rings is 2. The van der Waals surface area contributed by atoms with Crippen LogP contribution in [-0.4, -0.2) is 89.6 Å². The molecule has 10 nitrogen and oxygen atoms in total. The number of nitrogens with zero attached hydrogens (tertiary/aromatic N) is 1. The van der Waals surface area contributed by atoms with Crippen molar-refractivity contribution in [3.05, 3.63) is 70.7 Å². The van der Waals surface area contributed by atoms with Gasteiger partial charge in [-0.1, -0.05) is 83.1 Å². The summed E-state index contributed by atoms with van der Waals surface area (Å²) in [4.78, 5) is 48.1. The van der Waals surface area contributed by atoms with Crippen molar-refractivity contribution < 1.29 is 36.7 Å². The van der Waals surface area contributed by atoms with Crippen LogP contribution in [0.25, 0.3) is 10.9 Å². The summed E-state index contributed by atoms with van der Waals surface area (Å²) in [7, 11) is 0. The summed E-state index contributed by atoms with van der Waals surface area (Å²) in [6.07, 6.45) is -3.63. The second-order valence-corrected chi connectivity index (χ2v) is 15.3. The Kier molecular flexibility index (Phi) is 14.0. The molecule has 5 rings (SSSR count). The first-order chi connectivity index (χ1) is 26.2. The second kappa shape index (κ2) is 18.2. The topological polar surface area (TPSA) is 128 Å². The molecule has 1 aromatic heterocycles. The number of ether oxygens (including phenoxy) is 1. The molecule has 0 spiro atoms. The molecular weight excluding hydrogens is 737 g/mol. The maximum atomic E-state index is 14.8. The molecule has 3 amide bonds. The molecule has 2 aromatic carbocycles. The number of aromatic nitrogens is 1. The lowest BCUT2D eigenvalue weighted by Crippen LogP contribution is -2.67. The number of halogens is 4. The van der Waals surface area contributed by atoms with Crippen LogP contribution in [0.1, 0.15) is 69.3 Å². The van der Waals surface area contributed by atoms with Crippen molar-refractivity contribution in [2.45, 2.75) is 90.0 Å². The molecule has 15 heteroatoms. The highest BCUT2D eigenvalue weighted by atomic mass is 32.1. The van der Waals surface area contributed by atoms with Crippen LogP contribution < -0.4 is 21.3 Å². The predicted molar refractivity (Wildman–Crippen MR) is 207 cm³/mol. The molecular formula is C40H52F4N6O4S. The second-order valence-electron chi connectivity index (χ2n) is 14.8. The Morgan fingerprint density at radius 2 is 1.67 bits per heavy atom. The zero-order chi connectivity index (χ0) is 39.9. The first-order valence-corrected chi connectivity index (χ1v) is 19.5. The monoisotopic (exact) mass is 788 g/mol. The number of alkyl halides is 3. The van der Waals surface area contributed by atoms with Crippen LogP contribution in [-0.2, 0) is 44.6 Å². The van der Waals surface area contributed by atoms with Crippen LogP contribution in [0.5, 0.6) is 0 Å². The maximum absolute atomic E-state index is 14.8. The molecule has 0 saturated carbocycles. The highest BCUT2D eigenvalue weighted by Gasteiger charge is 2.47. The van der Waals surface area contributed by atoms with E-state index >= 15 is 0 Å². The Hall–Kier alpha value is -4.08. The molecule has 5 atom stereocenters. The van der Waals surface area contributed by atoms with E-state index in [4.69, 9.17) is 17.0 Å². The summed E-state index contributed by atoms with van der Waals surface area (Å²) < 4.78 is 62.2. The average molecular weight is 789 g/mol. The fraction of sp³-hybridized carbons (Fsp3) is 0.550. The predicted octanol–water partition coefficient (Wildman–Crippen LogP) is 5.22. The summed E-state index contributed by atoms with van der Waals surface area (Å²) in [5.41, 5.74) is -1.30. The average Bonchev–Trinajstić information content (AvgIpc) is 3.53. The van der Waals surface area contributed by atoms with Crippen LogP contribution in [0, 0.1) is 17.7 Å². The molecule has 2 aliphatic rings. The van der Waals surface area contributed by atoms with Gasteiger partial charge in [-0.2, -0.15) is 13.2 Å². The first kappa shape index (κ1) is 42.1. The lowest BCUT2D eigenvalue weighted by molar-refractivity contribution is -0.137. The van der Waals surface area contributed by atoms with Crippen molar-refractivity contribution in [2.75, 3.05) is 39.4 Å². The van der Waals surface area contributed by atoms with Crippen LogP contribution in [0.15, 0.2) is 42.5 Å². The van der Waals surface area contributed by atoms with Gasteiger partial charge >= 0.3 is 6.18 Å². The summed E-state index contributed by atoms with van der Waals surface area (Å²) in [6, 6.07) is 8.09. The van der Waals surface area contributed by atoms with E-state index in [-0.39, 0.29) is 48.6 Å². The minimum Gasteiger partial charge on any atom is -0.379 e. The Balaban J connectivity index is 1.45. The lowest BCUT2D eigenvalue weighted by atomic mass is 9.78. The smallest absolute Gasteiger partial charge is 0.379 e. The highest BCUT2D eigenvalue weighted by Crippen LogP contribution is 2.40.